The molecule has 2 unspecified atom stereocenters. The van der Waals surface area contributed by atoms with Gasteiger partial charge in [-0.3, -0.25) is 4.68 Å². The van der Waals surface area contributed by atoms with E-state index in [1.807, 2.05) is 24.9 Å². The standard InChI is InChI=1S/C10H17ClN2/c1-5-7(2)10(11)9-6-13(4)12-8(9)3/h6-7,10H,5H2,1-4H3. The number of rotatable bonds is 3. The normalized spacial score (nSPS) is 15.8. The smallest absolute Gasteiger partial charge is 0.0644 e. The Morgan fingerprint density at radius 1 is 1.62 bits per heavy atom. The lowest BCUT2D eigenvalue weighted by atomic mass is 9.99. The highest BCUT2D eigenvalue weighted by Crippen LogP contribution is 2.32. The van der Waals surface area contributed by atoms with Crippen LogP contribution in [0.25, 0.3) is 0 Å². The van der Waals surface area contributed by atoms with Crippen LogP contribution in [0.4, 0.5) is 0 Å². The Hall–Kier alpha value is -0.500. The quantitative estimate of drug-likeness (QED) is 0.686. The van der Waals surface area contributed by atoms with Crippen LogP contribution in [0.2, 0.25) is 0 Å². The molecule has 0 saturated carbocycles. The fourth-order valence-corrected chi connectivity index (χ4v) is 1.79. The Morgan fingerprint density at radius 3 is 2.62 bits per heavy atom. The van der Waals surface area contributed by atoms with Crippen LogP contribution in [0.1, 0.15) is 36.9 Å². The number of hydrogen-bond acceptors (Lipinski definition) is 1. The molecule has 0 fully saturated rings. The molecule has 1 heterocycles. The van der Waals surface area contributed by atoms with Crippen molar-refractivity contribution in [2.45, 2.75) is 32.6 Å². The highest BCUT2D eigenvalue weighted by molar-refractivity contribution is 6.21. The second kappa shape index (κ2) is 4.14. The average molecular weight is 201 g/mol. The summed E-state index contributed by atoms with van der Waals surface area (Å²) in [5, 5.41) is 4.38. The van der Waals surface area contributed by atoms with Gasteiger partial charge in [-0.2, -0.15) is 5.10 Å². The predicted octanol–water partition coefficient (Wildman–Crippen LogP) is 3.05. The molecule has 1 aromatic heterocycles. The SMILES string of the molecule is CCC(C)C(Cl)c1cn(C)nc1C. The zero-order valence-electron chi connectivity index (χ0n) is 8.71. The van der Waals surface area contributed by atoms with Gasteiger partial charge in [-0.15, -0.1) is 11.6 Å². The summed E-state index contributed by atoms with van der Waals surface area (Å²) < 4.78 is 1.82. The molecule has 0 amide bonds. The lowest BCUT2D eigenvalue weighted by Gasteiger charge is -2.14. The van der Waals surface area contributed by atoms with Crippen molar-refractivity contribution in [3.05, 3.63) is 17.5 Å². The van der Waals surface area contributed by atoms with Gasteiger partial charge in [0.05, 0.1) is 11.1 Å². The summed E-state index contributed by atoms with van der Waals surface area (Å²) in [5.74, 6) is 0.504. The number of halogens is 1. The number of aromatic nitrogens is 2. The molecule has 2 nitrogen and oxygen atoms in total. The summed E-state index contributed by atoms with van der Waals surface area (Å²) in [5.41, 5.74) is 2.21. The second-order valence-electron chi connectivity index (χ2n) is 3.63. The number of alkyl halides is 1. The van der Waals surface area contributed by atoms with Crippen LogP contribution in [0.3, 0.4) is 0 Å². The Labute approximate surface area is 84.9 Å². The van der Waals surface area contributed by atoms with Gasteiger partial charge in [0.15, 0.2) is 0 Å². The van der Waals surface area contributed by atoms with Crippen LogP contribution in [-0.2, 0) is 7.05 Å². The predicted molar refractivity (Wildman–Crippen MR) is 56.0 cm³/mol. The van der Waals surface area contributed by atoms with Crippen molar-refractivity contribution in [1.82, 2.24) is 9.78 Å². The molecule has 0 aliphatic carbocycles. The van der Waals surface area contributed by atoms with Crippen molar-refractivity contribution in [2.75, 3.05) is 0 Å². The van der Waals surface area contributed by atoms with Crippen molar-refractivity contribution >= 4 is 11.6 Å². The first kappa shape index (κ1) is 10.6. The van der Waals surface area contributed by atoms with E-state index in [1.165, 1.54) is 5.56 Å². The minimum atomic E-state index is 0.0960. The van der Waals surface area contributed by atoms with Crippen molar-refractivity contribution in [3.63, 3.8) is 0 Å². The summed E-state index contributed by atoms with van der Waals surface area (Å²) in [4.78, 5) is 0. The van der Waals surface area contributed by atoms with Gasteiger partial charge in [0.1, 0.15) is 0 Å². The van der Waals surface area contributed by atoms with Crippen LogP contribution in [0.15, 0.2) is 6.20 Å². The highest BCUT2D eigenvalue weighted by Gasteiger charge is 2.18. The van der Waals surface area contributed by atoms with E-state index in [1.54, 1.807) is 0 Å². The van der Waals surface area contributed by atoms with Crippen LogP contribution in [0, 0.1) is 12.8 Å². The highest BCUT2D eigenvalue weighted by atomic mass is 35.5. The van der Waals surface area contributed by atoms with Crippen molar-refractivity contribution in [1.29, 1.82) is 0 Å². The zero-order chi connectivity index (χ0) is 10.0. The molecule has 1 aromatic rings. The Bertz CT molecular complexity index is 280. The molecule has 0 bridgehead atoms. The molecular formula is C10H17ClN2. The van der Waals surface area contributed by atoms with Crippen molar-refractivity contribution in [2.24, 2.45) is 13.0 Å². The van der Waals surface area contributed by atoms with E-state index in [-0.39, 0.29) is 5.38 Å². The fourth-order valence-electron chi connectivity index (χ4n) is 1.40. The van der Waals surface area contributed by atoms with Gasteiger partial charge >= 0.3 is 0 Å². The molecule has 1 rings (SSSR count). The third-order valence-electron chi connectivity index (χ3n) is 2.49. The van der Waals surface area contributed by atoms with E-state index in [2.05, 4.69) is 18.9 Å². The number of nitrogens with zero attached hydrogens (tertiary/aromatic N) is 2. The molecule has 3 heteroatoms. The maximum absolute atomic E-state index is 6.32. The van der Waals surface area contributed by atoms with E-state index in [0.29, 0.717) is 5.92 Å². The van der Waals surface area contributed by atoms with E-state index in [4.69, 9.17) is 11.6 Å². The van der Waals surface area contributed by atoms with E-state index in [9.17, 15) is 0 Å². The zero-order valence-corrected chi connectivity index (χ0v) is 9.47. The van der Waals surface area contributed by atoms with E-state index < -0.39 is 0 Å². The van der Waals surface area contributed by atoms with Gasteiger partial charge in [0.2, 0.25) is 0 Å². The lowest BCUT2D eigenvalue weighted by molar-refractivity contribution is 0.541. The van der Waals surface area contributed by atoms with Crippen LogP contribution >= 0.6 is 11.6 Å². The maximum atomic E-state index is 6.32. The molecule has 0 spiro atoms. The van der Waals surface area contributed by atoms with E-state index in [0.717, 1.165) is 12.1 Å². The third-order valence-corrected chi connectivity index (χ3v) is 3.16. The van der Waals surface area contributed by atoms with Gasteiger partial charge in [-0.05, 0) is 12.8 Å². The van der Waals surface area contributed by atoms with Gasteiger partial charge < -0.3 is 0 Å². The summed E-state index contributed by atoms with van der Waals surface area (Å²) in [6, 6.07) is 0. The first-order valence-electron chi connectivity index (χ1n) is 4.70. The minimum Gasteiger partial charge on any atom is -0.275 e. The van der Waals surface area contributed by atoms with Gasteiger partial charge in [0, 0.05) is 18.8 Å². The van der Waals surface area contributed by atoms with Gasteiger partial charge in [-0.25, -0.2) is 0 Å². The summed E-state index contributed by atoms with van der Waals surface area (Å²) in [6.07, 6.45) is 3.11. The Balaban J connectivity index is 2.87. The summed E-state index contributed by atoms with van der Waals surface area (Å²) in [7, 11) is 1.93. The first-order chi connectivity index (χ1) is 6.06. The molecule has 0 aromatic carbocycles. The lowest BCUT2D eigenvalue weighted by Crippen LogP contribution is -2.02. The molecule has 74 valence electrons. The Morgan fingerprint density at radius 2 is 2.23 bits per heavy atom. The molecule has 0 aliphatic heterocycles. The first-order valence-corrected chi connectivity index (χ1v) is 5.14. The van der Waals surface area contributed by atoms with Crippen molar-refractivity contribution in [3.8, 4) is 0 Å². The number of aryl methyl sites for hydroxylation is 2. The third kappa shape index (κ3) is 2.25. The molecule has 0 aliphatic rings. The molecule has 0 N–H and O–H groups in total. The summed E-state index contributed by atoms with van der Waals surface area (Å²) in [6.45, 7) is 6.34. The Kier molecular flexibility index (Phi) is 3.37. The van der Waals surface area contributed by atoms with Gasteiger partial charge in [-0.1, -0.05) is 20.3 Å². The molecule has 13 heavy (non-hydrogen) atoms. The van der Waals surface area contributed by atoms with E-state index >= 15 is 0 Å². The second-order valence-corrected chi connectivity index (χ2v) is 4.10. The molecule has 0 saturated heterocycles. The van der Waals surface area contributed by atoms with Crippen molar-refractivity contribution < 1.29 is 0 Å². The minimum absolute atomic E-state index is 0.0960. The maximum Gasteiger partial charge on any atom is 0.0644 e. The van der Waals surface area contributed by atoms with Crippen LogP contribution < -0.4 is 0 Å². The number of hydrogen-bond donors (Lipinski definition) is 0. The fraction of sp³-hybridized carbons (Fsp3) is 0.700. The van der Waals surface area contributed by atoms with Crippen LogP contribution in [-0.4, -0.2) is 9.78 Å². The molecular weight excluding hydrogens is 184 g/mol. The van der Waals surface area contributed by atoms with Crippen LogP contribution in [0.5, 0.6) is 0 Å². The average Bonchev–Trinajstić information content (AvgIpc) is 2.42. The van der Waals surface area contributed by atoms with Gasteiger partial charge in [0.25, 0.3) is 0 Å². The molecule has 2 atom stereocenters. The summed E-state index contributed by atoms with van der Waals surface area (Å²) >= 11 is 6.32. The monoisotopic (exact) mass is 200 g/mol. The largest absolute Gasteiger partial charge is 0.275 e. The topological polar surface area (TPSA) is 17.8 Å². The molecule has 0 radical (unpaired) electrons.